The molecule has 0 saturated heterocycles. The van der Waals surface area contributed by atoms with Crippen molar-refractivity contribution < 1.29 is 4.79 Å². The van der Waals surface area contributed by atoms with Crippen molar-refractivity contribution in [2.24, 2.45) is 11.7 Å². The number of carbonyl (C=O) groups excluding carboxylic acids is 1. The van der Waals surface area contributed by atoms with Crippen molar-refractivity contribution in [1.29, 1.82) is 0 Å². The van der Waals surface area contributed by atoms with Crippen molar-refractivity contribution in [2.45, 2.75) is 26.3 Å². The van der Waals surface area contributed by atoms with Crippen molar-refractivity contribution in [1.82, 2.24) is 10.3 Å². The first kappa shape index (κ1) is 13.6. The molecular formula is C15H21N3O. The van der Waals surface area contributed by atoms with Gasteiger partial charge in [0.05, 0.1) is 6.42 Å². The molecule has 1 aromatic carbocycles. The monoisotopic (exact) mass is 259 g/mol. The van der Waals surface area contributed by atoms with Crippen LogP contribution in [-0.2, 0) is 11.2 Å². The summed E-state index contributed by atoms with van der Waals surface area (Å²) in [6.07, 6.45) is 2.28. The van der Waals surface area contributed by atoms with Crippen molar-refractivity contribution >= 4 is 16.8 Å². The number of nitrogens with two attached hydrogens (primary N) is 1. The number of nitrogens with one attached hydrogen (secondary N) is 2. The summed E-state index contributed by atoms with van der Waals surface area (Å²) >= 11 is 0. The summed E-state index contributed by atoms with van der Waals surface area (Å²) in [5, 5.41) is 4.09. The third kappa shape index (κ3) is 3.15. The zero-order valence-corrected chi connectivity index (χ0v) is 11.4. The number of aromatic amines is 1. The van der Waals surface area contributed by atoms with E-state index in [1.807, 2.05) is 30.5 Å². The predicted molar refractivity (Wildman–Crippen MR) is 77.8 cm³/mol. The summed E-state index contributed by atoms with van der Waals surface area (Å²) in [5.41, 5.74) is 7.75. The Balaban J connectivity index is 2.06. The maximum atomic E-state index is 12.0. The SMILES string of the molecule is CC(C)C(CN)NC(=O)Cc1c[nH]c2ccccc12. The Bertz CT molecular complexity index is 559. The average molecular weight is 259 g/mol. The van der Waals surface area contributed by atoms with Crippen molar-refractivity contribution in [3.8, 4) is 0 Å². The number of para-hydroxylation sites is 1. The van der Waals surface area contributed by atoms with Crippen LogP contribution < -0.4 is 11.1 Å². The Morgan fingerprint density at radius 1 is 1.37 bits per heavy atom. The highest BCUT2D eigenvalue weighted by molar-refractivity contribution is 5.88. The fraction of sp³-hybridized carbons (Fsp3) is 0.400. The largest absolute Gasteiger partial charge is 0.361 e. The van der Waals surface area contributed by atoms with E-state index in [0.717, 1.165) is 16.5 Å². The highest BCUT2D eigenvalue weighted by atomic mass is 16.1. The molecule has 0 saturated carbocycles. The van der Waals surface area contributed by atoms with E-state index in [-0.39, 0.29) is 11.9 Å². The van der Waals surface area contributed by atoms with Gasteiger partial charge in [-0.15, -0.1) is 0 Å². The first-order valence-corrected chi connectivity index (χ1v) is 6.66. The minimum atomic E-state index is 0.0221. The maximum Gasteiger partial charge on any atom is 0.224 e. The van der Waals surface area contributed by atoms with Crippen LogP contribution in [0.3, 0.4) is 0 Å². The minimum Gasteiger partial charge on any atom is -0.361 e. The van der Waals surface area contributed by atoms with Crippen LogP contribution in [0, 0.1) is 5.92 Å². The molecule has 102 valence electrons. The quantitative estimate of drug-likeness (QED) is 0.766. The molecule has 1 amide bonds. The van der Waals surface area contributed by atoms with Crippen LogP contribution in [0.1, 0.15) is 19.4 Å². The zero-order valence-electron chi connectivity index (χ0n) is 11.4. The van der Waals surface area contributed by atoms with Gasteiger partial charge in [0.25, 0.3) is 0 Å². The lowest BCUT2D eigenvalue weighted by Crippen LogP contribution is -2.44. The summed E-state index contributed by atoms with van der Waals surface area (Å²) in [6, 6.07) is 8.03. The Morgan fingerprint density at radius 2 is 2.11 bits per heavy atom. The van der Waals surface area contributed by atoms with Gasteiger partial charge in [-0.05, 0) is 17.5 Å². The number of hydrogen-bond donors (Lipinski definition) is 3. The second kappa shape index (κ2) is 5.89. The van der Waals surface area contributed by atoms with Gasteiger partial charge in [0.15, 0.2) is 0 Å². The Morgan fingerprint density at radius 3 is 2.79 bits per heavy atom. The molecular weight excluding hydrogens is 238 g/mol. The van der Waals surface area contributed by atoms with E-state index in [2.05, 4.69) is 24.1 Å². The third-order valence-electron chi connectivity index (χ3n) is 3.43. The number of fused-ring (bicyclic) bond motifs is 1. The van der Waals surface area contributed by atoms with Crippen LogP contribution in [0.25, 0.3) is 10.9 Å². The molecule has 4 heteroatoms. The van der Waals surface area contributed by atoms with Gasteiger partial charge in [-0.2, -0.15) is 0 Å². The molecule has 19 heavy (non-hydrogen) atoms. The van der Waals surface area contributed by atoms with Crippen LogP contribution in [0.2, 0.25) is 0 Å². The van der Waals surface area contributed by atoms with Gasteiger partial charge in [0.2, 0.25) is 5.91 Å². The van der Waals surface area contributed by atoms with Crippen LogP contribution in [0.4, 0.5) is 0 Å². The standard InChI is InChI=1S/C15H21N3O/c1-10(2)14(8-16)18-15(19)7-11-9-17-13-6-4-3-5-12(11)13/h3-6,9-10,14,17H,7-8,16H2,1-2H3,(H,18,19). The molecule has 4 N–H and O–H groups in total. The molecule has 0 spiro atoms. The Labute approximate surface area is 113 Å². The lowest BCUT2D eigenvalue weighted by Gasteiger charge is -2.20. The second-order valence-corrected chi connectivity index (χ2v) is 5.19. The van der Waals surface area contributed by atoms with E-state index in [1.54, 1.807) is 0 Å². The molecule has 0 fully saturated rings. The number of H-pyrrole nitrogens is 1. The first-order valence-electron chi connectivity index (χ1n) is 6.66. The van der Waals surface area contributed by atoms with Crippen molar-refractivity contribution in [2.75, 3.05) is 6.54 Å². The second-order valence-electron chi connectivity index (χ2n) is 5.19. The van der Waals surface area contributed by atoms with Gasteiger partial charge < -0.3 is 16.0 Å². The van der Waals surface area contributed by atoms with Gasteiger partial charge in [-0.25, -0.2) is 0 Å². The van der Waals surface area contributed by atoms with Gasteiger partial charge in [-0.3, -0.25) is 4.79 Å². The number of aromatic nitrogens is 1. The smallest absolute Gasteiger partial charge is 0.224 e. The van der Waals surface area contributed by atoms with E-state index in [0.29, 0.717) is 18.9 Å². The van der Waals surface area contributed by atoms with E-state index in [1.165, 1.54) is 0 Å². The molecule has 0 aliphatic heterocycles. The van der Waals surface area contributed by atoms with E-state index < -0.39 is 0 Å². The minimum absolute atomic E-state index is 0.0221. The summed E-state index contributed by atoms with van der Waals surface area (Å²) < 4.78 is 0. The fourth-order valence-corrected chi connectivity index (χ4v) is 2.21. The molecule has 0 radical (unpaired) electrons. The predicted octanol–water partition coefficient (Wildman–Crippen LogP) is 1.81. The molecule has 1 unspecified atom stereocenters. The number of hydrogen-bond acceptors (Lipinski definition) is 2. The van der Waals surface area contributed by atoms with Crippen LogP contribution in [-0.4, -0.2) is 23.5 Å². The molecule has 4 nitrogen and oxygen atoms in total. The molecule has 0 bridgehead atoms. The van der Waals surface area contributed by atoms with Crippen LogP contribution in [0.5, 0.6) is 0 Å². The van der Waals surface area contributed by atoms with E-state index >= 15 is 0 Å². The van der Waals surface area contributed by atoms with Gasteiger partial charge in [0, 0.05) is 29.7 Å². The van der Waals surface area contributed by atoms with Crippen LogP contribution in [0.15, 0.2) is 30.5 Å². The highest BCUT2D eigenvalue weighted by Crippen LogP contribution is 2.18. The summed E-state index contributed by atoms with van der Waals surface area (Å²) in [4.78, 5) is 15.2. The van der Waals surface area contributed by atoms with Crippen molar-refractivity contribution in [3.63, 3.8) is 0 Å². The maximum absolute atomic E-state index is 12.0. The third-order valence-corrected chi connectivity index (χ3v) is 3.43. The first-order chi connectivity index (χ1) is 9.11. The summed E-state index contributed by atoms with van der Waals surface area (Å²) in [5.74, 6) is 0.367. The molecule has 0 aliphatic carbocycles. The molecule has 1 aromatic heterocycles. The Hall–Kier alpha value is -1.81. The zero-order chi connectivity index (χ0) is 13.8. The number of benzene rings is 1. The summed E-state index contributed by atoms with van der Waals surface area (Å²) in [6.45, 7) is 4.59. The Kier molecular flexibility index (Phi) is 4.22. The fourth-order valence-electron chi connectivity index (χ4n) is 2.21. The van der Waals surface area contributed by atoms with Gasteiger partial charge >= 0.3 is 0 Å². The van der Waals surface area contributed by atoms with E-state index in [9.17, 15) is 4.79 Å². The van der Waals surface area contributed by atoms with E-state index in [4.69, 9.17) is 5.73 Å². The highest BCUT2D eigenvalue weighted by Gasteiger charge is 2.15. The average Bonchev–Trinajstić information content (AvgIpc) is 2.79. The van der Waals surface area contributed by atoms with Gasteiger partial charge in [0.1, 0.15) is 0 Å². The molecule has 2 rings (SSSR count). The number of amides is 1. The lowest BCUT2D eigenvalue weighted by molar-refractivity contribution is -0.121. The molecule has 0 aliphatic rings. The normalized spacial score (nSPS) is 12.8. The molecule has 1 atom stereocenters. The summed E-state index contributed by atoms with van der Waals surface area (Å²) in [7, 11) is 0. The number of carbonyl (C=O) groups is 1. The topological polar surface area (TPSA) is 70.9 Å². The van der Waals surface area contributed by atoms with Crippen molar-refractivity contribution in [3.05, 3.63) is 36.0 Å². The molecule has 2 aromatic rings. The number of rotatable bonds is 5. The van der Waals surface area contributed by atoms with Crippen LogP contribution >= 0.6 is 0 Å². The van der Waals surface area contributed by atoms with Gasteiger partial charge in [-0.1, -0.05) is 32.0 Å². The lowest BCUT2D eigenvalue weighted by atomic mass is 10.0. The molecule has 1 heterocycles.